The fraction of sp³-hybridized carbons (Fsp3) is 0.500. The van der Waals surface area contributed by atoms with Crippen LogP contribution in [0.2, 0.25) is 0 Å². The van der Waals surface area contributed by atoms with Crippen molar-refractivity contribution in [2.45, 2.75) is 26.7 Å². The van der Waals surface area contributed by atoms with Gasteiger partial charge in [-0.3, -0.25) is 10.1 Å². The summed E-state index contributed by atoms with van der Waals surface area (Å²) in [6, 6.07) is 6.36. The minimum Gasteiger partial charge on any atom is -0.368 e. The average Bonchev–Trinajstić information content (AvgIpc) is 3.24. The molecule has 0 radical (unpaired) electrons. The van der Waals surface area contributed by atoms with Crippen LogP contribution >= 0.6 is 0 Å². The van der Waals surface area contributed by atoms with Gasteiger partial charge in [0.25, 0.3) is 0 Å². The van der Waals surface area contributed by atoms with Crippen molar-refractivity contribution in [3.05, 3.63) is 45.8 Å². The van der Waals surface area contributed by atoms with Crippen LogP contribution in [-0.4, -0.2) is 54.2 Å². The van der Waals surface area contributed by atoms with E-state index >= 15 is 0 Å². The summed E-state index contributed by atoms with van der Waals surface area (Å²) in [7, 11) is 0. The number of nitro groups is 1. The number of hydrogen-bond acceptors (Lipinski definition) is 7. The van der Waals surface area contributed by atoms with E-state index in [9.17, 15) is 10.1 Å². The van der Waals surface area contributed by atoms with E-state index in [1.807, 2.05) is 9.80 Å². The van der Waals surface area contributed by atoms with E-state index in [0.29, 0.717) is 24.7 Å². The SMILES string of the molecule is Cc1cccc(N2CCN(c3ncnc(N4CCCC4)c3[N+](=O)[O-])CC2)c1C. The first-order valence-corrected chi connectivity index (χ1v) is 9.86. The zero-order valence-electron chi connectivity index (χ0n) is 16.5. The normalized spacial score (nSPS) is 17.3. The van der Waals surface area contributed by atoms with Crippen LogP contribution in [0.4, 0.5) is 23.0 Å². The highest BCUT2D eigenvalue weighted by atomic mass is 16.6. The smallest absolute Gasteiger partial charge is 0.353 e. The first-order chi connectivity index (χ1) is 13.6. The topological polar surface area (TPSA) is 78.6 Å². The third kappa shape index (κ3) is 3.34. The van der Waals surface area contributed by atoms with Gasteiger partial charge in [-0.2, -0.15) is 0 Å². The molecule has 0 spiro atoms. The maximum Gasteiger partial charge on any atom is 0.353 e. The second-order valence-corrected chi connectivity index (χ2v) is 7.51. The standard InChI is InChI=1S/C20H26N6O2/c1-15-6-5-7-17(16(15)2)23-10-12-25(13-11-23)20-18(26(27)28)19(21-14-22-20)24-8-3-4-9-24/h5-7,14H,3-4,8-13H2,1-2H3. The van der Waals surface area contributed by atoms with Gasteiger partial charge in [0, 0.05) is 45.0 Å². The Hall–Kier alpha value is -2.90. The molecule has 2 aliphatic heterocycles. The molecule has 0 unspecified atom stereocenters. The summed E-state index contributed by atoms with van der Waals surface area (Å²) in [4.78, 5) is 26.5. The quantitative estimate of drug-likeness (QED) is 0.594. The van der Waals surface area contributed by atoms with Crippen LogP contribution in [0.5, 0.6) is 0 Å². The van der Waals surface area contributed by atoms with Crippen molar-refractivity contribution in [2.24, 2.45) is 0 Å². The fourth-order valence-corrected chi connectivity index (χ4v) is 4.15. The highest BCUT2D eigenvalue weighted by molar-refractivity contribution is 5.72. The molecule has 2 saturated heterocycles. The Labute approximate surface area is 164 Å². The van der Waals surface area contributed by atoms with Crippen molar-refractivity contribution in [3.8, 4) is 0 Å². The Balaban J connectivity index is 1.57. The Morgan fingerprint density at radius 1 is 0.893 bits per heavy atom. The van der Waals surface area contributed by atoms with E-state index in [1.54, 1.807) is 0 Å². The summed E-state index contributed by atoms with van der Waals surface area (Å²) in [5.74, 6) is 0.909. The van der Waals surface area contributed by atoms with Crippen molar-refractivity contribution in [1.82, 2.24) is 9.97 Å². The fourth-order valence-electron chi connectivity index (χ4n) is 4.15. The maximum atomic E-state index is 11.9. The van der Waals surface area contributed by atoms with Crippen LogP contribution in [0.1, 0.15) is 24.0 Å². The Morgan fingerprint density at radius 3 is 2.07 bits per heavy atom. The molecule has 1 aromatic carbocycles. The van der Waals surface area contributed by atoms with Gasteiger partial charge in [0.2, 0.25) is 11.6 Å². The average molecular weight is 382 g/mol. The van der Waals surface area contributed by atoms with Crippen molar-refractivity contribution >= 4 is 23.0 Å². The van der Waals surface area contributed by atoms with Gasteiger partial charge in [-0.1, -0.05) is 12.1 Å². The summed E-state index contributed by atoms with van der Waals surface area (Å²) >= 11 is 0. The van der Waals surface area contributed by atoms with Crippen LogP contribution < -0.4 is 14.7 Å². The number of aromatic nitrogens is 2. The molecule has 2 fully saturated rings. The lowest BCUT2D eigenvalue weighted by atomic mass is 10.1. The zero-order chi connectivity index (χ0) is 19.7. The van der Waals surface area contributed by atoms with Crippen LogP contribution in [0.3, 0.4) is 0 Å². The lowest BCUT2D eigenvalue weighted by molar-refractivity contribution is -0.383. The molecule has 8 nitrogen and oxygen atoms in total. The van der Waals surface area contributed by atoms with E-state index in [1.165, 1.54) is 23.1 Å². The summed E-state index contributed by atoms with van der Waals surface area (Å²) < 4.78 is 0. The van der Waals surface area contributed by atoms with Gasteiger partial charge < -0.3 is 14.7 Å². The van der Waals surface area contributed by atoms with E-state index in [2.05, 4.69) is 46.9 Å². The third-order valence-corrected chi connectivity index (χ3v) is 5.87. The number of aryl methyl sites for hydroxylation is 1. The third-order valence-electron chi connectivity index (χ3n) is 5.87. The van der Waals surface area contributed by atoms with Crippen LogP contribution in [0.25, 0.3) is 0 Å². The van der Waals surface area contributed by atoms with E-state index in [0.717, 1.165) is 39.0 Å². The molecule has 2 aromatic rings. The van der Waals surface area contributed by atoms with E-state index in [-0.39, 0.29) is 10.6 Å². The predicted octanol–water partition coefficient (Wildman–Crippen LogP) is 2.93. The molecular formula is C20H26N6O2. The van der Waals surface area contributed by atoms with E-state index in [4.69, 9.17) is 0 Å². The first kappa shape index (κ1) is 18.5. The Kier molecular flexibility index (Phi) is 5.02. The molecule has 0 aliphatic carbocycles. The molecule has 2 aliphatic rings. The minimum absolute atomic E-state index is 0.0459. The second kappa shape index (κ2) is 7.61. The lowest BCUT2D eigenvalue weighted by Crippen LogP contribution is -2.47. The monoisotopic (exact) mass is 382 g/mol. The maximum absolute atomic E-state index is 11.9. The Bertz CT molecular complexity index is 873. The molecule has 8 heteroatoms. The van der Waals surface area contributed by atoms with Gasteiger partial charge >= 0.3 is 5.69 Å². The zero-order valence-corrected chi connectivity index (χ0v) is 16.5. The van der Waals surface area contributed by atoms with Crippen molar-refractivity contribution in [1.29, 1.82) is 0 Å². The van der Waals surface area contributed by atoms with Gasteiger partial charge in [0.1, 0.15) is 6.33 Å². The molecular weight excluding hydrogens is 356 g/mol. The van der Waals surface area contributed by atoms with Crippen LogP contribution in [-0.2, 0) is 0 Å². The summed E-state index contributed by atoms with van der Waals surface area (Å²) in [6.45, 7) is 8.92. The van der Waals surface area contributed by atoms with Gasteiger partial charge in [-0.15, -0.1) is 0 Å². The minimum atomic E-state index is -0.319. The van der Waals surface area contributed by atoms with Crippen molar-refractivity contribution < 1.29 is 4.92 Å². The molecule has 148 valence electrons. The number of nitrogens with zero attached hydrogens (tertiary/aromatic N) is 6. The molecule has 28 heavy (non-hydrogen) atoms. The van der Waals surface area contributed by atoms with Crippen LogP contribution in [0, 0.1) is 24.0 Å². The summed E-state index contributed by atoms with van der Waals surface area (Å²) in [5, 5.41) is 11.9. The lowest BCUT2D eigenvalue weighted by Gasteiger charge is -2.37. The van der Waals surface area contributed by atoms with Gasteiger partial charge in [-0.05, 0) is 43.9 Å². The molecule has 1 aromatic heterocycles. The number of rotatable bonds is 4. The van der Waals surface area contributed by atoms with E-state index < -0.39 is 0 Å². The number of hydrogen-bond donors (Lipinski definition) is 0. The Morgan fingerprint density at radius 2 is 1.46 bits per heavy atom. The van der Waals surface area contributed by atoms with Crippen molar-refractivity contribution in [2.75, 3.05) is 54.0 Å². The second-order valence-electron chi connectivity index (χ2n) is 7.51. The van der Waals surface area contributed by atoms with Gasteiger partial charge in [-0.25, -0.2) is 9.97 Å². The summed E-state index contributed by atoms with van der Waals surface area (Å²) in [5.41, 5.74) is 3.86. The molecule has 0 amide bonds. The predicted molar refractivity (Wildman–Crippen MR) is 110 cm³/mol. The number of benzene rings is 1. The van der Waals surface area contributed by atoms with Gasteiger partial charge in [0.15, 0.2) is 0 Å². The number of anilines is 3. The molecule has 0 atom stereocenters. The molecule has 0 bridgehead atoms. The highest BCUT2D eigenvalue weighted by Crippen LogP contribution is 2.36. The molecule has 3 heterocycles. The van der Waals surface area contributed by atoms with Crippen LogP contribution in [0.15, 0.2) is 24.5 Å². The largest absolute Gasteiger partial charge is 0.368 e. The molecule has 0 N–H and O–H groups in total. The van der Waals surface area contributed by atoms with Crippen molar-refractivity contribution in [3.63, 3.8) is 0 Å². The molecule has 4 rings (SSSR count). The number of piperazine rings is 1. The van der Waals surface area contributed by atoms with Gasteiger partial charge in [0.05, 0.1) is 4.92 Å². The highest BCUT2D eigenvalue weighted by Gasteiger charge is 2.32. The summed E-state index contributed by atoms with van der Waals surface area (Å²) in [6.07, 6.45) is 3.56. The molecule has 0 saturated carbocycles. The first-order valence-electron chi connectivity index (χ1n) is 9.86.